The molecule has 0 spiro atoms. The number of benzene rings is 2. The number of hydrogen-bond donors (Lipinski definition) is 0. The number of carbonyl (C=O) groups excluding carboxylic acids is 1. The van der Waals surface area contributed by atoms with Crippen molar-refractivity contribution in [1.29, 1.82) is 0 Å². The Morgan fingerprint density at radius 1 is 1.11 bits per heavy atom. The minimum absolute atomic E-state index is 0.127. The molecule has 0 radical (unpaired) electrons. The topological polar surface area (TPSA) is 65.6 Å². The number of methoxy groups -OCH3 is 1. The van der Waals surface area contributed by atoms with Gasteiger partial charge in [0.1, 0.15) is 5.75 Å². The fourth-order valence-electron chi connectivity index (χ4n) is 5.02. The largest absolute Gasteiger partial charge is 0.496 e. The molecule has 37 heavy (non-hydrogen) atoms. The molecule has 0 unspecified atom stereocenters. The maximum Gasteiger partial charge on any atom is 0.271 e. The number of aryl methyl sites for hydroxylation is 1. The zero-order valence-electron chi connectivity index (χ0n) is 21.2. The Morgan fingerprint density at radius 3 is 2.49 bits per heavy atom. The first-order valence-corrected chi connectivity index (χ1v) is 13.0. The summed E-state index contributed by atoms with van der Waals surface area (Å²) in [4.78, 5) is 31.9. The molecule has 6 nitrogen and oxygen atoms in total. The van der Waals surface area contributed by atoms with Crippen molar-refractivity contribution < 1.29 is 9.53 Å². The molecule has 4 aromatic rings. The summed E-state index contributed by atoms with van der Waals surface area (Å²) in [6, 6.07) is 16.6. The van der Waals surface area contributed by atoms with Gasteiger partial charge in [-0.05, 0) is 75.7 Å². The zero-order chi connectivity index (χ0) is 26.4. The van der Waals surface area contributed by atoms with E-state index >= 15 is 0 Å². The van der Waals surface area contributed by atoms with Crippen LogP contribution in [0.15, 0.2) is 75.7 Å². The van der Waals surface area contributed by atoms with Crippen LogP contribution in [0.5, 0.6) is 5.75 Å². The second-order valence-corrected chi connectivity index (χ2v) is 10.5. The first-order chi connectivity index (χ1) is 17.7. The second kappa shape index (κ2) is 9.65. The van der Waals surface area contributed by atoms with Gasteiger partial charge in [-0.15, -0.1) is 0 Å². The Balaban J connectivity index is 1.72. The van der Waals surface area contributed by atoms with E-state index in [-0.39, 0.29) is 11.3 Å². The van der Waals surface area contributed by atoms with Crippen LogP contribution in [-0.4, -0.2) is 22.0 Å². The van der Waals surface area contributed by atoms with E-state index in [0.717, 1.165) is 28.2 Å². The Bertz CT molecular complexity index is 1760. The number of carbonyl (C=O) groups is 1. The maximum absolute atomic E-state index is 13.9. The lowest BCUT2D eigenvalue weighted by Crippen LogP contribution is -2.39. The van der Waals surface area contributed by atoms with Gasteiger partial charge in [0.15, 0.2) is 10.6 Å². The maximum atomic E-state index is 13.9. The summed E-state index contributed by atoms with van der Waals surface area (Å²) in [5.74, 6) is 0.486. The molecule has 3 heterocycles. The normalized spacial score (nSPS) is 15.5. The lowest BCUT2D eigenvalue weighted by atomic mass is 9.93. The van der Waals surface area contributed by atoms with Crippen LogP contribution in [0.4, 0.5) is 0 Å². The third-order valence-electron chi connectivity index (χ3n) is 6.68. The second-order valence-electron chi connectivity index (χ2n) is 9.02. The van der Waals surface area contributed by atoms with Gasteiger partial charge in [0.05, 0.1) is 17.7 Å². The van der Waals surface area contributed by atoms with Gasteiger partial charge in [0.25, 0.3) is 5.56 Å². The molecular weight excluding hydrogens is 506 g/mol. The Kier molecular flexibility index (Phi) is 6.52. The molecule has 2 aromatic carbocycles. The standard InChI is InChI=1S/C29H26ClN3O3S/c1-16-14-20(18(3)32(16)22-12-10-21(30)11-13-22)15-25-28(35)33-27(23-8-6-7-9-24(23)36-5)26(19(4)34)17(2)31-29(33)37-25/h6-15,27H,1-5H3/t27-/m0/s1. The third-order valence-corrected chi connectivity index (χ3v) is 7.91. The van der Waals surface area contributed by atoms with Crippen LogP contribution < -0.4 is 19.6 Å². The predicted octanol–water partition coefficient (Wildman–Crippen LogP) is 4.89. The number of allylic oxidation sites excluding steroid dienone is 2. The molecule has 2 aromatic heterocycles. The fourth-order valence-corrected chi connectivity index (χ4v) is 6.18. The van der Waals surface area contributed by atoms with Gasteiger partial charge in [-0.1, -0.05) is 41.1 Å². The molecule has 0 N–H and O–H groups in total. The van der Waals surface area contributed by atoms with Crippen LogP contribution in [0, 0.1) is 13.8 Å². The number of aromatic nitrogens is 2. The molecule has 0 amide bonds. The van der Waals surface area contributed by atoms with Crippen molar-refractivity contribution in [3.05, 3.63) is 113 Å². The van der Waals surface area contributed by atoms with Crippen molar-refractivity contribution in [2.45, 2.75) is 33.7 Å². The van der Waals surface area contributed by atoms with Crippen LogP contribution in [0.1, 0.15) is 42.4 Å². The van der Waals surface area contributed by atoms with E-state index < -0.39 is 6.04 Å². The van der Waals surface area contributed by atoms with E-state index in [1.165, 1.54) is 18.3 Å². The summed E-state index contributed by atoms with van der Waals surface area (Å²) >= 11 is 7.40. The van der Waals surface area contributed by atoms with Gasteiger partial charge in [-0.3, -0.25) is 14.2 Å². The summed E-state index contributed by atoms with van der Waals surface area (Å²) in [6.45, 7) is 7.39. The smallest absolute Gasteiger partial charge is 0.271 e. The van der Waals surface area contributed by atoms with Crippen LogP contribution in [-0.2, 0) is 4.79 Å². The van der Waals surface area contributed by atoms with E-state index in [0.29, 0.717) is 31.4 Å². The van der Waals surface area contributed by atoms with Crippen LogP contribution in [0.3, 0.4) is 0 Å². The van der Waals surface area contributed by atoms with Crippen molar-refractivity contribution in [2.24, 2.45) is 4.99 Å². The molecule has 0 fully saturated rings. The number of halogens is 1. The van der Waals surface area contributed by atoms with Crippen LogP contribution in [0.25, 0.3) is 11.8 Å². The van der Waals surface area contributed by atoms with Gasteiger partial charge >= 0.3 is 0 Å². The molecule has 1 aliphatic rings. The van der Waals surface area contributed by atoms with E-state index in [4.69, 9.17) is 16.3 Å². The van der Waals surface area contributed by atoms with Crippen LogP contribution in [0.2, 0.25) is 5.02 Å². The lowest BCUT2D eigenvalue weighted by Gasteiger charge is -2.25. The molecule has 0 bridgehead atoms. The number of ether oxygens (including phenoxy) is 1. The zero-order valence-corrected chi connectivity index (χ0v) is 22.8. The van der Waals surface area contributed by atoms with Gasteiger partial charge in [0, 0.05) is 38.9 Å². The molecule has 0 aliphatic carbocycles. The van der Waals surface area contributed by atoms with Crippen molar-refractivity contribution in [2.75, 3.05) is 7.11 Å². The number of rotatable bonds is 5. The van der Waals surface area contributed by atoms with Gasteiger partial charge < -0.3 is 9.30 Å². The average molecular weight is 532 g/mol. The van der Waals surface area contributed by atoms with E-state index in [9.17, 15) is 9.59 Å². The highest BCUT2D eigenvalue weighted by atomic mass is 35.5. The molecule has 8 heteroatoms. The summed E-state index contributed by atoms with van der Waals surface area (Å²) in [5, 5.41) is 0.678. The molecule has 0 saturated carbocycles. The number of para-hydroxylation sites is 1. The van der Waals surface area contributed by atoms with Crippen molar-refractivity contribution in [1.82, 2.24) is 9.13 Å². The fraction of sp³-hybridized carbons (Fsp3) is 0.207. The molecule has 0 saturated heterocycles. The number of nitrogens with zero attached hydrogens (tertiary/aromatic N) is 3. The molecule has 188 valence electrons. The Morgan fingerprint density at radius 2 is 1.81 bits per heavy atom. The first kappa shape index (κ1) is 25.0. The highest BCUT2D eigenvalue weighted by molar-refractivity contribution is 7.07. The number of hydrogen-bond acceptors (Lipinski definition) is 5. The van der Waals surface area contributed by atoms with Crippen molar-refractivity contribution in [3.63, 3.8) is 0 Å². The number of fused-ring (bicyclic) bond motifs is 1. The molecular formula is C29H26ClN3O3S. The minimum Gasteiger partial charge on any atom is -0.496 e. The summed E-state index contributed by atoms with van der Waals surface area (Å²) < 4.78 is 9.91. The number of thiazole rings is 1. The van der Waals surface area contributed by atoms with E-state index in [1.807, 2.05) is 75.4 Å². The SMILES string of the molecule is COc1ccccc1[C@H]1C(C(C)=O)=C(C)N=c2sc(=Cc3cc(C)n(-c4ccc(Cl)cc4)c3C)c(=O)n21. The minimum atomic E-state index is -0.617. The van der Waals surface area contributed by atoms with E-state index in [1.54, 1.807) is 11.7 Å². The quantitative estimate of drug-likeness (QED) is 0.368. The van der Waals surface area contributed by atoms with Gasteiger partial charge in [-0.25, -0.2) is 4.99 Å². The van der Waals surface area contributed by atoms with Crippen molar-refractivity contribution >= 4 is 34.8 Å². The number of ketones is 1. The molecule has 1 atom stereocenters. The lowest BCUT2D eigenvalue weighted by molar-refractivity contribution is -0.114. The third kappa shape index (κ3) is 4.28. The van der Waals surface area contributed by atoms with Gasteiger partial charge in [-0.2, -0.15) is 0 Å². The van der Waals surface area contributed by atoms with Crippen LogP contribution >= 0.6 is 22.9 Å². The average Bonchev–Trinajstić information content (AvgIpc) is 3.33. The van der Waals surface area contributed by atoms with E-state index in [2.05, 4.69) is 15.6 Å². The molecule has 5 rings (SSSR count). The highest BCUT2D eigenvalue weighted by Crippen LogP contribution is 2.35. The Labute approximate surface area is 223 Å². The van der Waals surface area contributed by atoms with Crippen molar-refractivity contribution in [3.8, 4) is 11.4 Å². The number of Topliss-reactive ketones (excluding diaryl/α,β-unsaturated/α-hetero) is 1. The predicted molar refractivity (Wildman–Crippen MR) is 148 cm³/mol. The summed E-state index contributed by atoms with van der Waals surface area (Å²) in [7, 11) is 1.59. The monoisotopic (exact) mass is 531 g/mol. The Hall–Kier alpha value is -3.68. The summed E-state index contributed by atoms with van der Waals surface area (Å²) in [5.41, 5.74) is 5.64. The molecule has 1 aliphatic heterocycles. The van der Waals surface area contributed by atoms with Gasteiger partial charge in [0.2, 0.25) is 0 Å². The summed E-state index contributed by atoms with van der Waals surface area (Å²) in [6.07, 6.45) is 1.91. The first-order valence-electron chi connectivity index (χ1n) is 11.8. The highest BCUT2D eigenvalue weighted by Gasteiger charge is 2.32.